The van der Waals surface area contributed by atoms with Gasteiger partial charge < -0.3 is 20.5 Å². The molecule has 0 bridgehead atoms. The van der Waals surface area contributed by atoms with Crippen molar-refractivity contribution in [3.63, 3.8) is 0 Å². The second kappa shape index (κ2) is 6.55. The zero-order chi connectivity index (χ0) is 14.4. The molecule has 0 fully saturated rings. The lowest BCUT2D eigenvalue weighted by Crippen LogP contribution is -2.33. The van der Waals surface area contributed by atoms with Crippen LogP contribution in [0.1, 0.15) is 23.7 Å². The summed E-state index contributed by atoms with van der Waals surface area (Å²) in [6, 6.07) is 2.84. The van der Waals surface area contributed by atoms with Crippen LogP contribution in [0.3, 0.4) is 0 Å². The molecule has 1 unspecified atom stereocenters. The fraction of sp³-hybridized carbons (Fsp3) is 0.357. The van der Waals surface area contributed by atoms with Gasteiger partial charge in [-0.25, -0.2) is 0 Å². The molecular formula is C14H18N2O3. The third-order valence-corrected chi connectivity index (χ3v) is 2.73. The number of carbonyl (C=O) groups is 1. The normalized spacial score (nSPS) is 11.3. The first-order valence-electron chi connectivity index (χ1n) is 5.85. The summed E-state index contributed by atoms with van der Waals surface area (Å²) in [7, 11) is 2.98. The molecule has 5 heteroatoms. The summed E-state index contributed by atoms with van der Waals surface area (Å²) in [4.78, 5) is 12.1. The molecule has 0 aliphatic rings. The Labute approximate surface area is 113 Å². The van der Waals surface area contributed by atoms with E-state index in [0.717, 1.165) is 0 Å². The number of rotatable bonds is 5. The third kappa shape index (κ3) is 3.32. The fourth-order valence-corrected chi connectivity index (χ4v) is 1.57. The molecular weight excluding hydrogens is 244 g/mol. The number of hydrogen-bond donors (Lipinski definition) is 2. The first-order valence-corrected chi connectivity index (χ1v) is 5.85. The number of ether oxygens (including phenoxy) is 2. The van der Waals surface area contributed by atoms with E-state index in [4.69, 9.17) is 21.6 Å². The summed E-state index contributed by atoms with van der Waals surface area (Å²) in [6.45, 7) is 1.89. The van der Waals surface area contributed by atoms with Crippen molar-refractivity contribution >= 4 is 11.6 Å². The van der Waals surface area contributed by atoms with Gasteiger partial charge in [0.2, 0.25) is 0 Å². The molecule has 1 atom stereocenters. The highest BCUT2D eigenvalue weighted by molar-refractivity contribution is 6.01. The lowest BCUT2D eigenvalue weighted by atomic mass is 10.1. The maximum atomic E-state index is 12.1. The number of carbonyl (C=O) groups excluding carboxylic acids is 1. The fourth-order valence-electron chi connectivity index (χ4n) is 1.57. The smallest absolute Gasteiger partial charge is 0.254 e. The van der Waals surface area contributed by atoms with Crippen molar-refractivity contribution in [2.75, 3.05) is 20.0 Å². The highest BCUT2D eigenvalue weighted by Crippen LogP contribution is 2.31. The molecule has 1 aromatic rings. The van der Waals surface area contributed by atoms with Gasteiger partial charge in [-0.05, 0) is 12.5 Å². The average Bonchev–Trinajstić information content (AvgIpc) is 2.44. The molecule has 0 aromatic heterocycles. The SMILES string of the molecule is C#CC(CC)NC(=O)c1cc(OC)cc(OC)c1N. The number of methoxy groups -OCH3 is 2. The number of benzene rings is 1. The summed E-state index contributed by atoms with van der Waals surface area (Å²) >= 11 is 0. The van der Waals surface area contributed by atoms with Gasteiger partial charge in [0.05, 0.1) is 31.5 Å². The molecule has 19 heavy (non-hydrogen) atoms. The van der Waals surface area contributed by atoms with Crippen LogP contribution in [0.2, 0.25) is 0 Å². The molecule has 0 saturated carbocycles. The van der Waals surface area contributed by atoms with E-state index in [0.29, 0.717) is 17.9 Å². The highest BCUT2D eigenvalue weighted by atomic mass is 16.5. The van der Waals surface area contributed by atoms with Gasteiger partial charge in [-0.15, -0.1) is 6.42 Å². The second-order valence-electron chi connectivity index (χ2n) is 3.89. The average molecular weight is 262 g/mol. The van der Waals surface area contributed by atoms with Crippen molar-refractivity contribution in [1.29, 1.82) is 0 Å². The molecule has 1 amide bonds. The van der Waals surface area contributed by atoms with Gasteiger partial charge in [0.1, 0.15) is 11.5 Å². The van der Waals surface area contributed by atoms with Crippen molar-refractivity contribution in [1.82, 2.24) is 5.32 Å². The molecule has 0 spiro atoms. The van der Waals surface area contributed by atoms with E-state index >= 15 is 0 Å². The Morgan fingerprint density at radius 3 is 2.63 bits per heavy atom. The van der Waals surface area contributed by atoms with E-state index < -0.39 is 0 Å². The number of terminal acetylenes is 1. The minimum absolute atomic E-state index is 0.257. The minimum atomic E-state index is -0.348. The van der Waals surface area contributed by atoms with Crippen LogP contribution in [-0.2, 0) is 0 Å². The number of amides is 1. The van der Waals surface area contributed by atoms with E-state index in [1.165, 1.54) is 14.2 Å². The predicted molar refractivity (Wildman–Crippen MR) is 74.3 cm³/mol. The van der Waals surface area contributed by atoms with Crippen molar-refractivity contribution in [2.45, 2.75) is 19.4 Å². The topological polar surface area (TPSA) is 73.6 Å². The lowest BCUT2D eigenvalue weighted by molar-refractivity contribution is 0.0945. The maximum Gasteiger partial charge on any atom is 0.254 e. The summed E-state index contributed by atoms with van der Waals surface area (Å²) in [5, 5.41) is 2.71. The zero-order valence-corrected chi connectivity index (χ0v) is 11.3. The molecule has 0 saturated heterocycles. The first-order chi connectivity index (χ1) is 9.07. The van der Waals surface area contributed by atoms with E-state index in [1.807, 2.05) is 6.92 Å². The van der Waals surface area contributed by atoms with Crippen LogP contribution in [0.5, 0.6) is 11.5 Å². The van der Waals surface area contributed by atoms with Crippen molar-refractivity contribution in [3.8, 4) is 23.8 Å². The van der Waals surface area contributed by atoms with Crippen LogP contribution < -0.4 is 20.5 Å². The summed E-state index contributed by atoms with van der Waals surface area (Å²) in [6.07, 6.45) is 5.96. The molecule has 0 aliphatic heterocycles. The van der Waals surface area contributed by atoms with E-state index in [-0.39, 0.29) is 23.2 Å². The molecule has 102 valence electrons. The first kappa shape index (κ1) is 14.7. The van der Waals surface area contributed by atoms with Gasteiger partial charge in [0.15, 0.2) is 0 Å². The molecule has 0 heterocycles. The van der Waals surface area contributed by atoms with Gasteiger partial charge in [-0.3, -0.25) is 4.79 Å². The third-order valence-electron chi connectivity index (χ3n) is 2.73. The van der Waals surface area contributed by atoms with Crippen molar-refractivity contribution < 1.29 is 14.3 Å². The summed E-state index contributed by atoms with van der Waals surface area (Å²) < 4.78 is 10.2. The van der Waals surface area contributed by atoms with Gasteiger partial charge in [-0.2, -0.15) is 0 Å². The minimum Gasteiger partial charge on any atom is -0.497 e. The Balaban J connectivity index is 3.12. The number of nitrogens with two attached hydrogens (primary N) is 1. The standard InChI is InChI=1S/C14H18N2O3/c1-5-9(6-2)16-14(17)11-7-10(18-3)8-12(19-4)13(11)15/h1,7-9H,6,15H2,2-4H3,(H,16,17). The Morgan fingerprint density at radius 1 is 1.47 bits per heavy atom. The Kier molecular flexibility index (Phi) is 5.07. The van der Waals surface area contributed by atoms with Gasteiger partial charge in [0, 0.05) is 6.07 Å². The number of anilines is 1. The number of hydrogen-bond acceptors (Lipinski definition) is 4. The van der Waals surface area contributed by atoms with Crippen LogP contribution in [0.25, 0.3) is 0 Å². The number of nitrogens with one attached hydrogen (secondary N) is 1. The Morgan fingerprint density at radius 2 is 2.16 bits per heavy atom. The Hall–Kier alpha value is -2.35. The molecule has 1 aromatic carbocycles. The lowest BCUT2D eigenvalue weighted by Gasteiger charge is -2.15. The molecule has 1 rings (SSSR count). The van der Waals surface area contributed by atoms with Crippen LogP contribution in [0.4, 0.5) is 5.69 Å². The largest absolute Gasteiger partial charge is 0.497 e. The molecule has 5 nitrogen and oxygen atoms in total. The van der Waals surface area contributed by atoms with Crippen LogP contribution in [-0.4, -0.2) is 26.2 Å². The zero-order valence-electron chi connectivity index (χ0n) is 11.3. The van der Waals surface area contributed by atoms with Gasteiger partial charge in [0.25, 0.3) is 5.91 Å². The van der Waals surface area contributed by atoms with Crippen molar-refractivity contribution in [3.05, 3.63) is 17.7 Å². The second-order valence-corrected chi connectivity index (χ2v) is 3.89. The van der Waals surface area contributed by atoms with Crippen LogP contribution in [0, 0.1) is 12.3 Å². The predicted octanol–water partition coefficient (Wildman–Crippen LogP) is 1.43. The quantitative estimate of drug-likeness (QED) is 0.622. The highest BCUT2D eigenvalue weighted by Gasteiger charge is 2.17. The monoisotopic (exact) mass is 262 g/mol. The van der Waals surface area contributed by atoms with Crippen molar-refractivity contribution in [2.24, 2.45) is 0 Å². The Bertz CT molecular complexity index is 506. The van der Waals surface area contributed by atoms with Crippen LogP contribution >= 0.6 is 0 Å². The van der Waals surface area contributed by atoms with E-state index in [2.05, 4.69) is 11.2 Å². The van der Waals surface area contributed by atoms with E-state index in [1.54, 1.807) is 12.1 Å². The van der Waals surface area contributed by atoms with E-state index in [9.17, 15) is 4.79 Å². The van der Waals surface area contributed by atoms with Crippen LogP contribution in [0.15, 0.2) is 12.1 Å². The molecule has 3 N–H and O–H groups in total. The summed E-state index contributed by atoms with van der Waals surface area (Å²) in [5.41, 5.74) is 6.42. The number of nitrogen functional groups attached to an aromatic ring is 1. The summed E-state index contributed by atoms with van der Waals surface area (Å²) in [5.74, 6) is 3.02. The maximum absolute atomic E-state index is 12.1. The molecule has 0 aliphatic carbocycles. The van der Waals surface area contributed by atoms with Gasteiger partial charge >= 0.3 is 0 Å². The van der Waals surface area contributed by atoms with Gasteiger partial charge in [-0.1, -0.05) is 12.8 Å². The molecule has 0 radical (unpaired) electrons.